The van der Waals surface area contributed by atoms with Crippen molar-refractivity contribution >= 4 is 22.8 Å². The molecule has 0 saturated carbocycles. The third-order valence-electron chi connectivity index (χ3n) is 3.33. The van der Waals surface area contributed by atoms with Gasteiger partial charge in [-0.05, 0) is 20.8 Å². The van der Waals surface area contributed by atoms with Gasteiger partial charge >= 0.3 is 0 Å². The van der Waals surface area contributed by atoms with E-state index >= 15 is 0 Å². The van der Waals surface area contributed by atoms with Crippen LogP contribution >= 0.6 is 0 Å². The molecule has 20 heavy (non-hydrogen) atoms. The predicted octanol–water partition coefficient (Wildman–Crippen LogP) is 1.03. The van der Waals surface area contributed by atoms with E-state index < -0.39 is 0 Å². The first-order chi connectivity index (χ1) is 9.58. The third kappa shape index (κ3) is 2.56. The molecule has 7 heteroatoms. The van der Waals surface area contributed by atoms with Gasteiger partial charge in [0, 0.05) is 20.1 Å². The molecule has 7 nitrogen and oxygen atoms in total. The number of likely N-dealkylation sites (N-methyl/N-ethyl adjacent to an activating group) is 1. The maximum atomic E-state index is 12.3. The van der Waals surface area contributed by atoms with Crippen molar-refractivity contribution in [3.05, 3.63) is 12.5 Å². The Morgan fingerprint density at radius 2 is 2.10 bits per heavy atom. The van der Waals surface area contributed by atoms with Gasteiger partial charge in [-0.1, -0.05) is 0 Å². The van der Waals surface area contributed by atoms with Gasteiger partial charge in [0.2, 0.25) is 5.91 Å². The molecule has 0 spiro atoms. The number of hydrogen-bond acceptors (Lipinski definition) is 5. The topological polar surface area (TPSA) is 75.9 Å². The molecule has 2 heterocycles. The van der Waals surface area contributed by atoms with Gasteiger partial charge in [-0.2, -0.15) is 5.10 Å². The molecule has 0 aromatic carbocycles. The highest BCUT2D eigenvalue weighted by atomic mass is 16.2. The van der Waals surface area contributed by atoms with Gasteiger partial charge < -0.3 is 10.2 Å². The van der Waals surface area contributed by atoms with Crippen molar-refractivity contribution in [1.29, 1.82) is 0 Å². The summed E-state index contributed by atoms with van der Waals surface area (Å²) in [6.45, 7) is 7.18. The second kappa shape index (κ2) is 5.85. The number of hydrogen-bond donors (Lipinski definition) is 1. The second-order valence-corrected chi connectivity index (χ2v) is 4.60. The molecule has 2 aromatic heterocycles. The maximum absolute atomic E-state index is 12.3. The third-order valence-corrected chi connectivity index (χ3v) is 3.33. The number of carbonyl (C=O) groups excluding carboxylic acids is 1. The molecular formula is C13H20N6O. The molecule has 0 aliphatic heterocycles. The lowest BCUT2D eigenvalue weighted by Gasteiger charge is -2.23. The van der Waals surface area contributed by atoms with E-state index in [-0.39, 0.29) is 11.9 Å². The van der Waals surface area contributed by atoms with Crippen molar-refractivity contribution in [2.45, 2.75) is 26.8 Å². The zero-order chi connectivity index (χ0) is 14.7. The molecule has 1 atom stereocenters. The van der Waals surface area contributed by atoms with Crippen LogP contribution in [-0.4, -0.2) is 49.7 Å². The predicted molar refractivity (Wildman–Crippen MR) is 77.3 cm³/mol. The van der Waals surface area contributed by atoms with Crippen molar-refractivity contribution < 1.29 is 4.79 Å². The molecule has 0 aliphatic rings. The van der Waals surface area contributed by atoms with Crippen LogP contribution in [0.2, 0.25) is 0 Å². The summed E-state index contributed by atoms with van der Waals surface area (Å²) in [7, 11) is 1.82. The van der Waals surface area contributed by atoms with Gasteiger partial charge in [0.1, 0.15) is 18.2 Å². The number of anilines is 1. The highest BCUT2D eigenvalue weighted by molar-refractivity contribution is 5.90. The minimum absolute atomic E-state index is 0.0608. The zero-order valence-electron chi connectivity index (χ0n) is 12.3. The normalized spacial score (nSPS) is 12.4. The lowest BCUT2D eigenvalue weighted by atomic mass is 10.2. The summed E-state index contributed by atoms with van der Waals surface area (Å²) >= 11 is 0. The largest absolute Gasteiger partial charge is 0.358 e. The average Bonchev–Trinajstić information content (AvgIpc) is 2.83. The monoisotopic (exact) mass is 276 g/mol. The van der Waals surface area contributed by atoms with E-state index in [1.54, 1.807) is 15.8 Å². The van der Waals surface area contributed by atoms with Crippen molar-refractivity contribution in [2.75, 3.05) is 18.4 Å². The Bertz CT molecular complexity index is 604. The first-order valence-corrected chi connectivity index (χ1v) is 6.76. The molecule has 2 rings (SSSR count). The lowest BCUT2D eigenvalue weighted by molar-refractivity contribution is -0.131. The van der Waals surface area contributed by atoms with Gasteiger partial charge in [0.05, 0.1) is 11.6 Å². The molecule has 0 fully saturated rings. The number of aryl methyl sites for hydroxylation is 1. The molecule has 1 amide bonds. The van der Waals surface area contributed by atoms with Crippen LogP contribution in [-0.2, 0) is 11.8 Å². The van der Waals surface area contributed by atoms with Gasteiger partial charge in [-0.3, -0.25) is 9.48 Å². The summed E-state index contributed by atoms with van der Waals surface area (Å²) < 4.78 is 1.68. The lowest BCUT2D eigenvalue weighted by Crippen LogP contribution is -2.41. The van der Waals surface area contributed by atoms with Crippen molar-refractivity contribution in [3.8, 4) is 0 Å². The highest BCUT2D eigenvalue weighted by Gasteiger charge is 2.19. The standard InChI is InChI=1S/C13H20N6O/c1-5-19(6-2)13(20)9(3)17-11-10-7-16-18(4)12(10)15-8-14-11/h7-9H,5-6H2,1-4H3,(H,14,15,17). The Morgan fingerprint density at radius 3 is 2.75 bits per heavy atom. The minimum atomic E-state index is -0.340. The molecule has 0 aliphatic carbocycles. The van der Waals surface area contributed by atoms with Crippen LogP contribution in [0.4, 0.5) is 5.82 Å². The van der Waals surface area contributed by atoms with E-state index in [0.29, 0.717) is 18.9 Å². The molecule has 108 valence electrons. The van der Waals surface area contributed by atoms with E-state index in [0.717, 1.165) is 11.0 Å². The molecule has 1 unspecified atom stereocenters. The summed E-state index contributed by atoms with van der Waals surface area (Å²) in [6, 6.07) is -0.340. The van der Waals surface area contributed by atoms with Crippen molar-refractivity contribution in [2.24, 2.45) is 7.05 Å². The van der Waals surface area contributed by atoms with Gasteiger partial charge in [-0.25, -0.2) is 9.97 Å². The molecule has 0 radical (unpaired) electrons. The van der Waals surface area contributed by atoms with E-state index in [2.05, 4.69) is 20.4 Å². The SMILES string of the molecule is CCN(CC)C(=O)C(C)Nc1ncnc2c1cnn2C. The van der Waals surface area contributed by atoms with Gasteiger partial charge in [0.15, 0.2) is 5.65 Å². The number of aromatic nitrogens is 4. The second-order valence-electron chi connectivity index (χ2n) is 4.60. The van der Waals surface area contributed by atoms with Crippen LogP contribution in [0.5, 0.6) is 0 Å². The Labute approximate surface area is 118 Å². The molecule has 1 N–H and O–H groups in total. The molecular weight excluding hydrogens is 256 g/mol. The summed E-state index contributed by atoms with van der Waals surface area (Å²) in [5.41, 5.74) is 0.741. The fraction of sp³-hybridized carbons (Fsp3) is 0.538. The van der Waals surface area contributed by atoms with Crippen LogP contribution in [0.1, 0.15) is 20.8 Å². The van der Waals surface area contributed by atoms with Crippen molar-refractivity contribution in [1.82, 2.24) is 24.6 Å². The Morgan fingerprint density at radius 1 is 1.40 bits per heavy atom. The Kier molecular flexibility index (Phi) is 4.16. The Balaban J connectivity index is 2.22. The molecule has 0 saturated heterocycles. The van der Waals surface area contributed by atoms with Gasteiger partial charge in [-0.15, -0.1) is 0 Å². The first-order valence-electron chi connectivity index (χ1n) is 6.76. The number of rotatable bonds is 5. The molecule has 0 bridgehead atoms. The number of fused-ring (bicyclic) bond motifs is 1. The maximum Gasteiger partial charge on any atom is 0.244 e. The quantitative estimate of drug-likeness (QED) is 0.882. The van der Waals surface area contributed by atoms with Crippen LogP contribution in [0.15, 0.2) is 12.5 Å². The van der Waals surface area contributed by atoms with Gasteiger partial charge in [0.25, 0.3) is 0 Å². The average molecular weight is 276 g/mol. The fourth-order valence-electron chi connectivity index (χ4n) is 2.15. The smallest absolute Gasteiger partial charge is 0.244 e. The van der Waals surface area contributed by atoms with E-state index in [1.807, 2.05) is 27.8 Å². The Hall–Kier alpha value is -2.18. The minimum Gasteiger partial charge on any atom is -0.358 e. The van der Waals surface area contributed by atoms with Crippen LogP contribution in [0.3, 0.4) is 0 Å². The van der Waals surface area contributed by atoms with E-state index in [1.165, 1.54) is 6.33 Å². The fourth-order valence-corrected chi connectivity index (χ4v) is 2.15. The van der Waals surface area contributed by atoms with E-state index in [9.17, 15) is 4.79 Å². The number of nitrogens with zero attached hydrogens (tertiary/aromatic N) is 5. The number of carbonyl (C=O) groups is 1. The summed E-state index contributed by atoms with van der Waals surface area (Å²) in [5, 5.41) is 8.12. The van der Waals surface area contributed by atoms with Crippen LogP contribution < -0.4 is 5.32 Å². The van der Waals surface area contributed by atoms with Crippen LogP contribution in [0.25, 0.3) is 11.0 Å². The number of amides is 1. The number of nitrogens with one attached hydrogen (secondary N) is 1. The summed E-state index contributed by atoms with van der Waals surface area (Å²) in [5.74, 6) is 0.696. The van der Waals surface area contributed by atoms with E-state index in [4.69, 9.17) is 0 Å². The zero-order valence-corrected chi connectivity index (χ0v) is 12.3. The first kappa shape index (κ1) is 14.2. The summed E-state index contributed by atoms with van der Waals surface area (Å²) in [6.07, 6.45) is 3.17. The summed E-state index contributed by atoms with van der Waals surface area (Å²) in [4.78, 5) is 22.4. The molecule has 2 aromatic rings. The van der Waals surface area contributed by atoms with Crippen molar-refractivity contribution in [3.63, 3.8) is 0 Å². The van der Waals surface area contributed by atoms with Crippen LogP contribution in [0, 0.1) is 0 Å². The highest BCUT2D eigenvalue weighted by Crippen LogP contribution is 2.18.